The lowest BCUT2D eigenvalue weighted by molar-refractivity contribution is -0.187. The van der Waals surface area contributed by atoms with E-state index >= 15 is 0 Å². The molecule has 1 aliphatic heterocycles. The second-order valence-electron chi connectivity index (χ2n) is 3.74. The highest BCUT2D eigenvalue weighted by Crippen LogP contribution is 2.47. The number of amides is 1. The van der Waals surface area contributed by atoms with Crippen molar-refractivity contribution in [1.82, 2.24) is 5.32 Å². The fourth-order valence-electron chi connectivity index (χ4n) is 2.10. The molecule has 0 aromatic carbocycles. The predicted molar refractivity (Wildman–Crippen MR) is 40.2 cm³/mol. The van der Waals surface area contributed by atoms with Gasteiger partial charge in [-0.3, -0.25) is 9.59 Å². The number of nitrogens with one attached hydrogen (secondary N) is 1. The van der Waals surface area contributed by atoms with Crippen molar-refractivity contribution >= 4 is 11.9 Å². The minimum absolute atomic E-state index is 0.00926. The van der Waals surface area contributed by atoms with Crippen LogP contribution in [-0.2, 0) is 14.3 Å². The standard InChI is InChI=1S/C8H11NO3/c1-4(10)12-5-3-8(2)6(5)7(11)9-8/h5-6H,3H2,1-2H3,(H,9,11). The van der Waals surface area contributed by atoms with Gasteiger partial charge in [0.1, 0.15) is 6.10 Å². The quantitative estimate of drug-likeness (QED) is 0.438. The van der Waals surface area contributed by atoms with Gasteiger partial charge in [-0.25, -0.2) is 0 Å². The van der Waals surface area contributed by atoms with Gasteiger partial charge < -0.3 is 10.1 Å². The average Bonchev–Trinajstić information content (AvgIpc) is 1.82. The van der Waals surface area contributed by atoms with Crippen LogP contribution in [0.5, 0.6) is 0 Å². The topological polar surface area (TPSA) is 55.4 Å². The van der Waals surface area contributed by atoms with Crippen molar-refractivity contribution in [3.8, 4) is 0 Å². The first-order valence-electron chi connectivity index (χ1n) is 4.02. The molecule has 3 atom stereocenters. The van der Waals surface area contributed by atoms with Crippen molar-refractivity contribution in [3.63, 3.8) is 0 Å². The molecule has 0 radical (unpaired) electrons. The Morgan fingerprint density at radius 1 is 1.75 bits per heavy atom. The summed E-state index contributed by atoms with van der Waals surface area (Å²) in [5, 5.41) is 2.79. The molecule has 1 amide bonds. The molecule has 1 saturated heterocycles. The van der Waals surface area contributed by atoms with Gasteiger partial charge in [0.05, 0.1) is 11.5 Å². The molecule has 4 nitrogen and oxygen atoms in total. The Hall–Kier alpha value is -1.06. The zero-order chi connectivity index (χ0) is 8.93. The molecule has 0 aromatic rings. The number of rotatable bonds is 1. The number of piperidine rings is 1. The highest BCUT2D eigenvalue weighted by atomic mass is 16.5. The summed E-state index contributed by atoms with van der Waals surface area (Å²) in [7, 11) is 0. The van der Waals surface area contributed by atoms with Gasteiger partial charge in [0, 0.05) is 13.3 Å². The predicted octanol–water partition coefficient (Wildman–Crippen LogP) is -0.173. The minimum atomic E-state index is -0.304. The molecular weight excluding hydrogens is 158 g/mol. The second kappa shape index (κ2) is 2.00. The van der Waals surface area contributed by atoms with Crippen LogP contribution in [0, 0.1) is 5.92 Å². The molecule has 4 heteroatoms. The Labute approximate surface area is 70.3 Å². The van der Waals surface area contributed by atoms with Crippen LogP contribution in [0.25, 0.3) is 0 Å². The van der Waals surface area contributed by atoms with Crippen molar-refractivity contribution < 1.29 is 14.3 Å². The molecule has 1 heterocycles. The van der Waals surface area contributed by atoms with E-state index in [0.29, 0.717) is 0 Å². The first kappa shape index (κ1) is 7.58. The van der Waals surface area contributed by atoms with E-state index < -0.39 is 0 Å². The van der Waals surface area contributed by atoms with E-state index in [4.69, 9.17) is 4.74 Å². The number of hydrogen-bond acceptors (Lipinski definition) is 3. The third kappa shape index (κ3) is 0.777. The van der Waals surface area contributed by atoms with Gasteiger partial charge in [-0.2, -0.15) is 0 Å². The maximum Gasteiger partial charge on any atom is 0.302 e. The third-order valence-electron chi connectivity index (χ3n) is 2.69. The molecular formula is C8H11NO3. The maximum absolute atomic E-state index is 11.0. The zero-order valence-corrected chi connectivity index (χ0v) is 7.09. The van der Waals surface area contributed by atoms with Crippen molar-refractivity contribution in [1.29, 1.82) is 0 Å². The molecule has 12 heavy (non-hydrogen) atoms. The number of β-lactam (4-membered cyclic amide) rings is 1. The summed E-state index contributed by atoms with van der Waals surface area (Å²) in [6.07, 6.45) is 0.574. The third-order valence-corrected chi connectivity index (χ3v) is 2.69. The van der Waals surface area contributed by atoms with Gasteiger partial charge in [0.15, 0.2) is 0 Å². The van der Waals surface area contributed by atoms with E-state index in [1.165, 1.54) is 6.92 Å². The van der Waals surface area contributed by atoms with Gasteiger partial charge in [-0.15, -0.1) is 0 Å². The lowest BCUT2D eigenvalue weighted by Crippen LogP contribution is -2.79. The van der Waals surface area contributed by atoms with Crippen LogP contribution in [0.2, 0.25) is 0 Å². The van der Waals surface area contributed by atoms with Crippen LogP contribution in [-0.4, -0.2) is 23.5 Å². The summed E-state index contributed by atoms with van der Waals surface area (Å²) in [5.74, 6) is -0.391. The summed E-state index contributed by atoms with van der Waals surface area (Å²) in [6, 6.07) is 0. The van der Waals surface area contributed by atoms with Crippen LogP contribution < -0.4 is 5.32 Å². The first-order chi connectivity index (χ1) is 5.53. The number of carbonyl (C=O) groups excluding carboxylic acids is 2. The monoisotopic (exact) mass is 169 g/mol. The number of esters is 1. The Bertz CT molecular complexity index is 263. The molecule has 1 saturated carbocycles. The van der Waals surface area contributed by atoms with Gasteiger partial charge in [-0.1, -0.05) is 0 Å². The van der Waals surface area contributed by atoms with Crippen LogP contribution in [0.3, 0.4) is 0 Å². The SMILES string of the molecule is CC(=O)OC1CC2(C)NC(=O)C12. The van der Waals surface area contributed by atoms with Crippen LogP contribution >= 0.6 is 0 Å². The smallest absolute Gasteiger partial charge is 0.302 e. The largest absolute Gasteiger partial charge is 0.462 e. The number of hydrogen-bond donors (Lipinski definition) is 1. The molecule has 1 aliphatic carbocycles. The summed E-state index contributed by atoms with van der Waals surface area (Å²) in [5.41, 5.74) is -0.0861. The Kier molecular flexibility index (Phi) is 1.26. The molecule has 0 bridgehead atoms. The van der Waals surface area contributed by atoms with Gasteiger partial charge in [0.25, 0.3) is 0 Å². The highest BCUT2D eigenvalue weighted by Gasteiger charge is 2.64. The van der Waals surface area contributed by atoms with Crippen molar-refractivity contribution in [3.05, 3.63) is 0 Å². The van der Waals surface area contributed by atoms with E-state index in [1.807, 2.05) is 6.92 Å². The minimum Gasteiger partial charge on any atom is -0.462 e. The van der Waals surface area contributed by atoms with Gasteiger partial charge >= 0.3 is 5.97 Å². The fourth-order valence-corrected chi connectivity index (χ4v) is 2.10. The molecule has 2 rings (SSSR count). The lowest BCUT2D eigenvalue weighted by Gasteiger charge is -2.59. The van der Waals surface area contributed by atoms with Crippen LogP contribution in [0.15, 0.2) is 0 Å². The molecule has 0 aromatic heterocycles. The molecule has 66 valence electrons. The lowest BCUT2D eigenvalue weighted by atomic mass is 9.59. The number of ether oxygens (including phenoxy) is 1. The normalized spacial score (nSPS) is 43.3. The van der Waals surface area contributed by atoms with E-state index in [1.54, 1.807) is 0 Å². The molecule has 3 unspecified atom stereocenters. The van der Waals surface area contributed by atoms with E-state index in [9.17, 15) is 9.59 Å². The molecule has 0 spiro atoms. The fraction of sp³-hybridized carbons (Fsp3) is 0.750. The summed E-state index contributed by atoms with van der Waals surface area (Å²) >= 11 is 0. The van der Waals surface area contributed by atoms with E-state index in [0.717, 1.165) is 6.42 Å². The number of fused-ring (bicyclic) bond motifs is 1. The summed E-state index contributed by atoms with van der Waals surface area (Å²) in [6.45, 7) is 3.34. The Morgan fingerprint density at radius 3 is 2.83 bits per heavy atom. The van der Waals surface area contributed by atoms with Crippen molar-refractivity contribution in [2.75, 3.05) is 0 Å². The Balaban J connectivity index is 1.98. The summed E-state index contributed by atoms with van der Waals surface area (Å²) in [4.78, 5) is 21.6. The van der Waals surface area contributed by atoms with Crippen LogP contribution in [0.4, 0.5) is 0 Å². The van der Waals surface area contributed by atoms with Gasteiger partial charge in [0.2, 0.25) is 5.91 Å². The highest BCUT2D eigenvalue weighted by molar-refractivity contribution is 5.90. The molecule has 2 aliphatic rings. The van der Waals surface area contributed by atoms with E-state index in [-0.39, 0.29) is 29.4 Å². The zero-order valence-electron chi connectivity index (χ0n) is 7.09. The maximum atomic E-state index is 11.0. The molecule has 1 N–H and O–H groups in total. The Morgan fingerprint density at radius 2 is 2.42 bits per heavy atom. The van der Waals surface area contributed by atoms with Crippen LogP contribution in [0.1, 0.15) is 20.3 Å². The average molecular weight is 169 g/mol. The van der Waals surface area contributed by atoms with E-state index in [2.05, 4.69) is 5.32 Å². The second-order valence-corrected chi connectivity index (χ2v) is 3.74. The summed E-state index contributed by atoms with van der Waals surface area (Å²) < 4.78 is 4.96. The molecule has 2 fully saturated rings. The van der Waals surface area contributed by atoms with Crippen molar-refractivity contribution in [2.24, 2.45) is 5.92 Å². The number of carbonyl (C=O) groups is 2. The first-order valence-corrected chi connectivity index (χ1v) is 4.02. The van der Waals surface area contributed by atoms with Crippen molar-refractivity contribution in [2.45, 2.75) is 31.9 Å². The van der Waals surface area contributed by atoms with Gasteiger partial charge in [-0.05, 0) is 6.92 Å².